The van der Waals surface area contributed by atoms with Crippen molar-refractivity contribution in [3.05, 3.63) is 108 Å². The predicted octanol–water partition coefficient (Wildman–Crippen LogP) is 12.2. The van der Waals surface area contributed by atoms with Crippen LogP contribution in [-0.4, -0.2) is 203 Å². The lowest BCUT2D eigenvalue weighted by atomic mass is 9.85. The van der Waals surface area contributed by atoms with Gasteiger partial charge in [0.05, 0.1) is 45.5 Å². The molecular formula is C82H128Cl2N8O22. The van der Waals surface area contributed by atoms with Gasteiger partial charge in [0.25, 0.3) is 0 Å². The molecule has 642 valence electrons. The number of halogens is 2. The molecule has 6 rings (SSSR count). The molecule has 3 fully saturated rings. The Kier molecular flexibility index (Phi) is 51.6. The molecule has 7 N–H and O–H groups in total. The van der Waals surface area contributed by atoms with Crippen molar-refractivity contribution in [2.75, 3.05) is 81.0 Å². The molecule has 30 nitrogen and oxygen atoms in total. The number of methoxy groups -OCH3 is 3. The normalized spacial score (nSPS) is 16.3. The Bertz CT molecular complexity index is 3340. The molecule has 6 amide bonds. The highest BCUT2D eigenvalue weighted by molar-refractivity contribution is 5.87. The van der Waals surface area contributed by atoms with Crippen molar-refractivity contribution < 1.29 is 105 Å². The van der Waals surface area contributed by atoms with E-state index in [0.29, 0.717) is 90.6 Å². The monoisotopic (exact) mass is 1650 g/mol. The Labute approximate surface area is 685 Å². The van der Waals surface area contributed by atoms with E-state index in [4.69, 9.17) is 58.8 Å². The summed E-state index contributed by atoms with van der Waals surface area (Å²) in [6, 6.07) is 25.2. The number of likely N-dealkylation sites (tertiary alicyclic amines) is 3. The first-order chi connectivity index (χ1) is 53.2. The number of unbranched alkanes of at least 4 members (excludes halogenated alkanes) is 6. The lowest BCUT2D eigenvalue weighted by molar-refractivity contribution is -0.154. The van der Waals surface area contributed by atoms with E-state index < -0.39 is 128 Å². The van der Waals surface area contributed by atoms with Gasteiger partial charge in [-0.15, -0.1) is 24.8 Å². The second-order valence-electron chi connectivity index (χ2n) is 29.1. The smallest absolute Gasteiger partial charge is 0.412 e. The van der Waals surface area contributed by atoms with Crippen LogP contribution in [0.15, 0.2) is 91.0 Å². The molecule has 8 atom stereocenters. The molecule has 32 heteroatoms. The standard InChI is InChI=1S/C32H49N3O9.C27H41N3O7.C22H32N2O6.CH4.2ClH/c1-22(2)27(34-30(39)44-32(3,4)5)28(37)33-19-13-8-11-18-25(36)42-21-43-31(40)35-20-14-12-17-24(35)26(29(38)41-6)23-15-9-7-10-16-23;1-19(2)24(28)25(32)29-16-10-5-8-15-22(31)36-18-37-27(34)30-17-11-9-14-21(30)23(26(33)35-3)20-12-6-4-7-13-20;1-28-21(26)20(17-10-4-2-5-11-17)18-12-7-9-15-24(18)22(27)30-16-29-19(25)13-6-3-8-14-23;;;/h7,9-10,15-16,22,24,26-27H,8,11-14,17-21H2,1-6H3,(H,33,37)(H,34,39);4,6-7,12-13,19,21,23-24H,5,8-11,14-18,28H2,1-3H3,(H,29,32);2,4-5,10-11,18,20H,3,6-9,12-16,23H2,1H3;1H4;2*1H. The number of nitrogens with one attached hydrogen (secondary N) is 3. The van der Waals surface area contributed by atoms with Crippen LogP contribution in [0, 0.1) is 11.8 Å². The van der Waals surface area contributed by atoms with Gasteiger partial charge in [-0.25, -0.2) is 19.2 Å². The van der Waals surface area contributed by atoms with Gasteiger partial charge in [-0.05, 0) is 152 Å². The van der Waals surface area contributed by atoms with Crippen molar-refractivity contribution >= 4 is 96.8 Å². The molecular weight excluding hydrogens is 1520 g/mol. The molecule has 0 bridgehead atoms. The molecule has 3 saturated heterocycles. The zero-order valence-electron chi connectivity index (χ0n) is 67.4. The number of nitrogens with zero attached hydrogens (tertiary/aromatic N) is 3. The van der Waals surface area contributed by atoms with E-state index in [1.807, 2.05) is 119 Å². The Morgan fingerprint density at radius 2 is 0.754 bits per heavy atom. The lowest BCUT2D eigenvalue weighted by Gasteiger charge is -2.38. The van der Waals surface area contributed by atoms with Gasteiger partial charge in [-0.2, -0.15) is 0 Å². The van der Waals surface area contributed by atoms with Gasteiger partial charge >= 0.3 is 60.2 Å². The number of hydrogen-bond acceptors (Lipinski definition) is 24. The number of esters is 6. The van der Waals surface area contributed by atoms with Crippen LogP contribution in [0.5, 0.6) is 0 Å². The maximum Gasteiger partial charge on any atom is 0.412 e. The van der Waals surface area contributed by atoms with E-state index in [2.05, 4.69) is 16.0 Å². The number of hydrogen-bond donors (Lipinski definition) is 5. The van der Waals surface area contributed by atoms with Crippen LogP contribution in [0.2, 0.25) is 0 Å². The molecule has 3 heterocycles. The van der Waals surface area contributed by atoms with E-state index in [1.54, 1.807) is 25.7 Å². The summed E-state index contributed by atoms with van der Waals surface area (Å²) in [6.07, 6.45) is 11.2. The summed E-state index contributed by atoms with van der Waals surface area (Å²) < 4.78 is 51.2. The van der Waals surface area contributed by atoms with Gasteiger partial charge in [0, 0.05) is 52.0 Å². The summed E-state index contributed by atoms with van der Waals surface area (Å²) in [5, 5.41) is 8.22. The average molecular weight is 1650 g/mol. The number of carbonyl (C=O) groups is 12. The topological polar surface area (TPSA) is 395 Å². The SMILES string of the molecule is C.COC(=O)C(c1ccccc1)C1CCCCN1C(=O)OCOC(=O)CCCCCN.COC(=O)C(c1ccccc1)C1CCCCN1C(=O)OCOC(=O)CCCCCNC(=O)C(N)C(C)C.COC(=O)C(c1ccccc1)C1CCCCN1C(=O)OCOC(=O)CCCCCNC(=O)C(NC(=O)OC(C)(C)C)C(C)C.Cl.Cl. The minimum absolute atomic E-state index is 0. The fourth-order valence-electron chi connectivity index (χ4n) is 13.1. The quantitative estimate of drug-likeness (QED) is 0.0155. The largest absolute Gasteiger partial charge is 0.468 e. The highest BCUT2D eigenvalue weighted by atomic mass is 35.5. The third-order valence-electron chi connectivity index (χ3n) is 19.0. The van der Waals surface area contributed by atoms with Crippen LogP contribution in [-0.2, 0) is 85.7 Å². The van der Waals surface area contributed by atoms with Crippen LogP contribution in [0.3, 0.4) is 0 Å². The van der Waals surface area contributed by atoms with Gasteiger partial charge in [0.2, 0.25) is 32.2 Å². The van der Waals surface area contributed by atoms with Crippen molar-refractivity contribution in [1.29, 1.82) is 0 Å². The molecule has 0 saturated carbocycles. The van der Waals surface area contributed by atoms with Gasteiger partial charge in [0.15, 0.2) is 0 Å². The lowest BCUT2D eigenvalue weighted by Crippen LogP contribution is -2.51. The Morgan fingerprint density at radius 3 is 1.04 bits per heavy atom. The Balaban J connectivity index is 0.000000858. The van der Waals surface area contributed by atoms with Gasteiger partial charge in [-0.3, -0.25) is 38.4 Å². The summed E-state index contributed by atoms with van der Waals surface area (Å²) in [7, 11) is 4.01. The number of rotatable bonds is 37. The van der Waals surface area contributed by atoms with Gasteiger partial charge in [0.1, 0.15) is 29.4 Å². The molecule has 8 unspecified atom stereocenters. The van der Waals surface area contributed by atoms with E-state index >= 15 is 0 Å². The molecule has 0 radical (unpaired) electrons. The molecule has 3 aliphatic heterocycles. The summed E-state index contributed by atoms with van der Waals surface area (Å²) in [6.45, 7) is 14.1. The van der Waals surface area contributed by atoms with Crippen LogP contribution < -0.4 is 27.4 Å². The van der Waals surface area contributed by atoms with Crippen LogP contribution in [0.25, 0.3) is 0 Å². The number of alkyl carbamates (subject to hydrolysis) is 1. The van der Waals surface area contributed by atoms with E-state index in [0.717, 1.165) is 80.9 Å². The fraction of sp³-hybridized carbons (Fsp3) is 0.634. The van der Waals surface area contributed by atoms with Crippen molar-refractivity contribution in [2.45, 2.75) is 244 Å². The molecule has 0 spiro atoms. The van der Waals surface area contributed by atoms with Crippen LogP contribution in [0.1, 0.15) is 225 Å². The Hall–Kier alpha value is -9.00. The van der Waals surface area contributed by atoms with Crippen molar-refractivity contribution in [3.63, 3.8) is 0 Å². The predicted molar refractivity (Wildman–Crippen MR) is 431 cm³/mol. The number of amides is 6. The second-order valence-corrected chi connectivity index (χ2v) is 29.1. The molecule has 3 aromatic rings. The highest BCUT2D eigenvalue weighted by Gasteiger charge is 2.43. The number of ether oxygens (including phenoxy) is 10. The second kappa shape index (κ2) is 57.1. The van der Waals surface area contributed by atoms with Crippen LogP contribution >= 0.6 is 24.8 Å². The van der Waals surface area contributed by atoms with E-state index in [1.165, 1.54) is 31.1 Å². The van der Waals surface area contributed by atoms with E-state index in [-0.39, 0.29) is 81.2 Å². The summed E-state index contributed by atoms with van der Waals surface area (Å²) in [5.74, 6) is -5.04. The number of benzene rings is 3. The van der Waals surface area contributed by atoms with Gasteiger partial charge in [-0.1, -0.05) is 145 Å². The van der Waals surface area contributed by atoms with Crippen molar-refractivity contribution in [1.82, 2.24) is 30.7 Å². The third kappa shape index (κ3) is 37.5. The molecule has 0 aromatic heterocycles. The number of carbonyl (C=O) groups excluding carboxylic acids is 12. The zero-order valence-corrected chi connectivity index (χ0v) is 69.1. The Morgan fingerprint density at radius 1 is 0.439 bits per heavy atom. The summed E-state index contributed by atoms with van der Waals surface area (Å²) in [5.41, 5.74) is 12.9. The average Bonchev–Trinajstić information content (AvgIpc) is 0.815. The molecule has 114 heavy (non-hydrogen) atoms. The number of nitrogens with two attached hydrogens (primary N) is 2. The molecule has 3 aliphatic rings. The fourth-order valence-corrected chi connectivity index (χ4v) is 13.1. The first-order valence-electron chi connectivity index (χ1n) is 38.8. The third-order valence-corrected chi connectivity index (χ3v) is 19.0. The molecule has 0 aliphatic carbocycles. The van der Waals surface area contributed by atoms with E-state index in [9.17, 15) is 57.5 Å². The maximum absolute atomic E-state index is 12.9. The van der Waals surface area contributed by atoms with Crippen molar-refractivity contribution in [3.8, 4) is 0 Å². The van der Waals surface area contributed by atoms with Gasteiger partial charge < -0.3 is 89.5 Å². The van der Waals surface area contributed by atoms with Crippen molar-refractivity contribution in [2.24, 2.45) is 23.3 Å². The highest BCUT2D eigenvalue weighted by Crippen LogP contribution is 2.36. The summed E-state index contributed by atoms with van der Waals surface area (Å²) >= 11 is 0. The summed E-state index contributed by atoms with van der Waals surface area (Å²) in [4.78, 5) is 153. The molecule has 3 aromatic carbocycles. The maximum atomic E-state index is 12.9. The first kappa shape index (κ1) is 103. The minimum atomic E-state index is -0.729. The minimum Gasteiger partial charge on any atom is -0.468 e. The van der Waals surface area contributed by atoms with Crippen LogP contribution in [0.4, 0.5) is 19.2 Å². The first-order valence-corrected chi connectivity index (χ1v) is 38.8. The number of piperidine rings is 3. The zero-order chi connectivity index (χ0) is 81.7.